The lowest BCUT2D eigenvalue weighted by molar-refractivity contribution is 1.50. The van der Waals surface area contributed by atoms with E-state index in [0.29, 0.717) is 0 Å². The molecular formula is C13H32. The standard InChI is InChI=1S/3C3H6.C2H6.2CH4/c3*1-2-3-1;1-2;;/h3*1-3H2;1-2H3;2*1H4. The van der Waals surface area contributed by atoms with E-state index >= 15 is 0 Å². The minimum Gasteiger partial charge on any atom is -0.0776 e. The fourth-order valence-corrected chi connectivity index (χ4v) is 0. The summed E-state index contributed by atoms with van der Waals surface area (Å²) in [7, 11) is 0. The third-order valence-corrected chi connectivity index (χ3v) is 1.06. The first kappa shape index (κ1) is 18.7. The number of rotatable bonds is 0. The molecule has 0 atom stereocenters. The van der Waals surface area contributed by atoms with Crippen molar-refractivity contribution in [1.82, 2.24) is 0 Å². The van der Waals surface area contributed by atoms with Crippen molar-refractivity contribution in [3.8, 4) is 0 Å². The summed E-state index contributed by atoms with van der Waals surface area (Å²) in [5.74, 6) is 0. The van der Waals surface area contributed by atoms with Crippen molar-refractivity contribution in [2.24, 2.45) is 0 Å². The molecule has 0 unspecified atom stereocenters. The first-order valence-electron chi connectivity index (χ1n) is 5.50. The molecular weight excluding hydrogens is 156 g/mol. The van der Waals surface area contributed by atoms with Crippen LogP contribution in [-0.2, 0) is 0 Å². The molecule has 0 heteroatoms. The highest BCUT2D eigenvalue weighted by Crippen LogP contribution is 2.15. The van der Waals surface area contributed by atoms with Gasteiger partial charge in [-0.25, -0.2) is 0 Å². The van der Waals surface area contributed by atoms with Crippen molar-refractivity contribution in [3.63, 3.8) is 0 Å². The lowest BCUT2D eigenvalue weighted by atomic mass is 11.0. The molecule has 0 spiro atoms. The maximum Gasteiger partial charge on any atom is -0.0533 e. The van der Waals surface area contributed by atoms with E-state index < -0.39 is 0 Å². The van der Waals surface area contributed by atoms with Gasteiger partial charge >= 0.3 is 0 Å². The Balaban J connectivity index is -0.0000000991. The third-order valence-electron chi connectivity index (χ3n) is 1.06. The molecule has 0 amide bonds. The van der Waals surface area contributed by atoms with Gasteiger partial charge in [-0.05, 0) is 0 Å². The maximum atomic E-state index is 2.00. The van der Waals surface area contributed by atoms with Gasteiger partial charge in [0.2, 0.25) is 0 Å². The van der Waals surface area contributed by atoms with Crippen molar-refractivity contribution in [3.05, 3.63) is 0 Å². The van der Waals surface area contributed by atoms with E-state index in [1.807, 2.05) is 13.8 Å². The van der Waals surface area contributed by atoms with Crippen LogP contribution in [-0.4, -0.2) is 0 Å². The molecule has 0 saturated heterocycles. The Morgan fingerprint density at radius 2 is 0.462 bits per heavy atom. The summed E-state index contributed by atoms with van der Waals surface area (Å²) < 4.78 is 0. The predicted octanol–water partition coefficient (Wildman–Crippen LogP) is 5.81. The second-order valence-corrected chi connectivity index (χ2v) is 3.18. The number of hydrogen-bond acceptors (Lipinski definition) is 0. The van der Waals surface area contributed by atoms with E-state index in [2.05, 4.69) is 0 Å². The van der Waals surface area contributed by atoms with Crippen LogP contribution in [0.25, 0.3) is 0 Å². The van der Waals surface area contributed by atoms with Gasteiger partial charge < -0.3 is 0 Å². The zero-order valence-corrected chi connectivity index (χ0v) is 8.36. The molecule has 0 heterocycles. The molecule has 84 valence electrons. The van der Waals surface area contributed by atoms with E-state index in [1.165, 1.54) is 57.8 Å². The average Bonchev–Trinajstić information content (AvgIpc) is 2.99. The van der Waals surface area contributed by atoms with Gasteiger partial charge in [-0.15, -0.1) is 0 Å². The Kier molecular flexibility index (Phi) is 25.8. The summed E-state index contributed by atoms with van der Waals surface area (Å²) >= 11 is 0. The van der Waals surface area contributed by atoms with Crippen molar-refractivity contribution < 1.29 is 0 Å². The van der Waals surface area contributed by atoms with Crippen LogP contribution in [0.3, 0.4) is 0 Å². The Bertz CT molecular complexity index is 28.5. The summed E-state index contributed by atoms with van der Waals surface area (Å²) in [4.78, 5) is 0. The first-order chi connectivity index (χ1) is 5.50. The van der Waals surface area contributed by atoms with Crippen molar-refractivity contribution >= 4 is 0 Å². The molecule has 13 heavy (non-hydrogen) atoms. The molecule has 3 aliphatic carbocycles. The van der Waals surface area contributed by atoms with E-state index in [0.717, 1.165) is 0 Å². The van der Waals surface area contributed by atoms with Gasteiger partial charge in [0, 0.05) is 0 Å². The van der Waals surface area contributed by atoms with Crippen LogP contribution in [0.15, 0.2) is 0 Å². The fraction of sp³-hybridized carbons (Fsp3) is 1.00. The zero-order valence-electron chi connectivity index (χ0n) is 8.36. The zero-order chi connectivity index (χ0) is 8.36. The molecule has 0 N–H and O–H groups in total. The summed E-state index contributed by atoms with van der Waals surface area (Å²) in [5.41, 5.74) is 0. The average molecular weight is 188 g/mol. The minimum atomic E-state index is 0. The molecule has 0 aliphatic heterocycles. The Hall–Kier alpha value is 0. The highest BCUT2D eigenvalue weighted by atomic mass is 14.0. The van der Waals surface area contributed by atoms with Gasteiger partial charge in [0.05, 0.1) is 0 Å². The molecule has 3 rings (SSSR count). The normalized spacial score (nSPS) is 17.1. The van der Waals surface area contributed by atoms with Crippen molar-refractivity contribution in [2.45, 2.75) is 86.5 Å². The molecule has 3 fully saturated rings. The molecule has 0 radical (unpaired) electrons. The highest BCUT2D eigenvalue weighted by molar-refractivity contribution is 4.51. The summed E-state index contributed by atoms with van der Waals surface area (Å²) in [6.07, 6.45) is 13.5. The summed E-state index contributed by atoms with van der Waals surface area (Å²) in [6.45, 7) is 4.00. The largest absolute Gasteiger partial charge is 0.0776 e. The second kappa shape index (κ2) is 17.9. The summed E-state index contributed by atoms with van der Waals surface area (Å²) in [6, 6.07) is 0. The second-order valence-electron chi connectivity index (χ2n) is 3.18. The van der Waals surface area contributed by atoms with Crippen LogP contribution in [0, 0.1) is 0 Å². The topological polar surface area (TPSA) is 0 Å². The molecule has 0 bridgehead atoms. The smallest absolute Gasteiger partial charge is 0.0533 e. The van der Waals surface area contributed by atoms with Crippen molar-refractivity contribution in [1.29, 1.82) is 0 Å². The predicted molar refractivity (Wildman–Crippen MR) is 66.4 cm³/mol. The van der Waals surface area contributed by atoms with Gasteiger partial charge in [0.15, 0.2) is 0 Å². The SMILES string of the molecule is C.C.C1CC1.C1CC1.C1CC1.CC. The number of hydrogen-bond donors (Lipinski definition) is 0. The molecule has 0 aromatic rings. The third kappa shape index (κ3) is 133. The van der Waals surface area contributed by atoms with Gasteiger partial charge in [-0.1, -0.05) is 86.5 Å². The van der Waals surface area contributed by atoms with Crippen LogP contribution in [0.5, 0.6) is 0 Å². The van der Waals surface area contributed by atoms with Crippen LogP contribution in [0.2, 0.25) is 0 Å². The Labute approximate surface area is 87.1 Å². The van der Waals surface area contributed by atoms with E-state index in [9.17, 15) is 0 Å². The van der Waals surface area contributed by atoms with Gasteiger partial charge in [0.25, 0.3) is 0 Å². The highest BCUT2D eigenvalue weighted by Gasteiger charge is 1.95. The lowest BCUT2D eigenvalue weighted by Gasteiger charge is -1.07. The molecule has 3 saturated carbocycles. The monoisotopic (exact) mass is 188 g/mol. The van der Waals surface area contributed by atoms with Crippen LogP contribution in [0.1, 0.15) is 86.5 Å². The molecule has 0 nitrogen and oxygen atoms in total. The van der Waals surface area contributed by atoms with Gasteiger partial charge in [-0.2, -0.15) is 0 Å². The molecule has 3 aliphatic rings. The maximum absolute atomic E-state index is 2.00. The molecule has 0 aromatic carbocycles. The summed E-state index contributed by atoms with van der Waals surface area (Å²) in [5, 5.41) is 0. The minimum absolute atomic E-state index is 0. The Morgan fingerprint density at radius 1 is 0.385 bits per heavy atom. The first-order valence-corrected chi connectivity index (χ1v) is 5.50. The fourth-order valence-electron chi connectivity index (χ4n) is 0. The van der Waals surface area contributed by atoms with Crippen LogP contribution >= 0.6 is 0 Å². The lowest BCUT2D eigenvalue weighted by Crippen LogP contribution is -0.856. The van der Waals surface area contributed by atoms with Gasteiger partial charge in [-0.3, -0.25) is 0 Å². The van der Waals surface area contributed by atoms with Crippen LogP contribution in [0.4, 0.5) is 0 Å². The van der Waals surface area contributed by atoms with Crippen LogP contribution < -0.4 is 0 Å². The van der Waals surface area contributed by atoms with E-state index in [-0.39, 0.29) is 14.9 Å². The van der Waals surface area contributed by atoms with E-state index in [4.69, 9.17) is 0 Å². The van der Waals surface area contributed by atoms with Crippen molar-refractivity contribution in [2.75, 3.05) is 0 Å². The Morgan fingerprint density at radius 3 is 0.462 bits per heavy atom. The van der Waals surface area contributed by atoms with E-state index in [1.54, 1.807) is 0 Å². The molecule has 0 aromatic heterocycles. The van der Waals surface area contributed by atoms with Gasteiger partial charge in [0.1, 0.15) is 0 Å². The quantitative estimate of drug-likeness (QED) is 0.450.